The van der Waals surface area contributed by atoms with Gasteiger partial charge in [0.1, 0.15) is 18.2 Å². The molecule has 2 aromatic heterocycles. The molecule has 0 aliphatic carbocycles. The summed E-state index contributed by atoms with van der Waals surface area (Å²) in [5.74, 6) is -0.249. The fourth-order valence-corrected chi connectivity index (χ4v) is 6.04. The van der Waals surface area contributed by atoms with Gasteiger partial charge in [-0.2, -0.15) is 0 Å². The number of nitrogen functional groups attached to an aromatic ring is 1. The van der Waals surface area contributed by atoms with Crippen LogP contribution in [0.4, 0.5) is 5.82 Å². The maximum Gasteiger partial charge on any atom is 0.262 e. The van der Waals surface area contributed by atoms with Crippen LogP contribution in [0.5, 0.6) is 0 Å². The van der Waals surface area contributed by atoms with Gasteiger partial charge in [0.25, 0.3) is 13.4 Å². The minimum Gasteiger partial charge on any atom is -0.382 e. The van der Waals surface area contributed by atoms with Gasteiger partial charge >= 0.3 is 0 Å². The van der Waals surface area contributed by atoms with Gasteiger partial charge in [0.2, 0.25) is 0 Å². The molecule has 3 atom stereocenters. The van der Waals surface area contributed by atoms with Crippen LogP contribution in [0.1, 0.15) is 62.9 Å². The largest absolute Gasteiger partial charge is 0.382 e. The summed E-state index contributed by atoms with van der Waals surface area (Å²) in [5.41, 5.74) is 7.09. The summed E-state index contributed by atoms with van der Waals surface area (Å²) in [6.07, 6.45) is 3.70. The number of carbonyl (C=O) groups is 1. The number of aromatic nitrogens is 4. The number of aliphatic hydroxyl groups is 1. The van der Waals surface area contributed by atoms with Crippen LogP contribution in [0.25, 0.3) is 11.2 Å². The van der Waals surface area contributed by atoms with Crippen LogP contribution in [-0.4, -0.2) is 61.4 Å². The van der Waals surface area contributed by atoms with E-state index in [-0.39, 0.29) is 12.2 Å². The lowest BCUT2D eigenvalue weighted by Gasteiger charge is -2.35. The van der Waals surface area contributed by atoms with Gasteiger partial charge in [-0.15, -0.1) is 0 Å². The topological polar surface area (TPSA) is 167 Å². The maximum absolute atomic E-state index is 14.1. The van der Waals surface area contributed by atoms with E-state index in [4.69, 9.17) is 15.2 Å². The molecule has 39 heavy (non-hydrogen) atoms. The molecule has 3 rings (SSSR count). The van der Waals surface area contributed by atoms with Crippen molar-refractivity contribution in [3.63, 3.8) is 0 Å². The third kappa shape index (κ3) is 8.55. The van der Waals surface area contributed by atoms with Crippen LogP contribution >= 0.6 is 7.44 Å². The Balaban J connectivity index is 1.73. The van der Waals surface area contributed by atoms with E-state index >= 15 is 0 Å². The van der Waals surface area contributed by atoms with Crippen molar-refractivity contribution in [3.8, 4) is 0 Å². The Bertz CT molecular complexity index is 1280. The quantitative estimate of drug-likeness (QED) is 0.122. The van der Waals surface area contributed by atoms with Crippen molar-refractivity contribution in [3.05, 3.63) is 48.0 Å². The second-order valence-corrected chi connectivity index (χ2v) is 12.4. The summed E-state index contributed by atoms with van der Waals surface area (Å²) in [4.78, 5) is 25.5. The third-order valence-corrected chi connectivity index (χ3v) is 8.14. The van der Waals surface area contributed by atoms with Gasteiger partial charge in [0.15, 0.2) is 17.8 Å². The van der Waals surface area contributed by atoms with E-state index in [1.807, 2.05) is 6.92 Å². The molecule has 2 heterocycles. The Labute approximate surface area is 229 Å². The lowest BCUT2D eigenvalue weighted by atomic mass is 10.1. The summed E-state index contributed by atoms with van der Waals surface area (Å²) in [7, 11) is -3.76. The number of aliphatic hydroxyl groups excluding tert-OH is 1. The fourth-order valence-electron chi connectivity index (χ4n) is 3.90. The third-order valence-electron chi connectivity index (χ3n) is 6.13. The monoisotopic (exact) mass is 561 g/mol. The fraction of sp³-hybridized carbons (Fsp3) is 0.538. The number of unbranched alkanes of at least 4 members (excludes halogenated alkanes) is 2. The number of hydrogen-bond acceptors (Lipinski definition) is 9. The van der Waals surface area contributed by atoms with Crippen molar-refractivity contribution < 1.29 is 23.9 Å². The highest BCUT2D eigenvalue weighted by molar-refractivity contribution is 7.60. The average molecular weight is 562 g/mol. The zero-order valence-electron chi connectivity index (χ0n) is 23.3. The Morgan fingerprint density at radius 1 is 1.18 bits per heavy atom. The van der Waals surface area contributed by atoms with Crippen molar-refractivity contribution in [1.29, 1.82) is 0 Å². The molecule has 0 spiro atoms. The van der Waals surface area contributed by atoms with E-state index in [2.05, 4.69) is 32.1 Å². The van der Waals surface area contributed by atoms with Gasteiger partial charge in [0, 0.05) is 12.2 Å². The average Bonchev–Trinajstić information content (AvgIpc) is 3.29. The van der Waals surface area contributed by atoms with Crippen LogP contribution in [0.2, 0.25) is 0 Å². The molecule has 13 heteroatoms. The summed E-state index contributed by atoms with van der Waals surface area (Å²) in [5, 5.41) is 16.3. The molecule has 0 radical (unpaired) electrons. The highest BCUT2D eigenvalue weighted by Crippen LogP contribution is 2.40. The zero-order chi connectivity index (χ0) is 28.6. The number of fused-ring (bicyclic) bond motifs is 1. The Hall–Kier alpha value is -2.89. The SMILES string of the molecule is CCCCCOC(O)C(C)(C)N[P@@](=O)(CO[C@H](C)Cn1cnc2c(N)ncnc21)NC(=O)c1ccc(C)cc1. The van der Waals surface area contributed by atoms with Crippen molar-refractivity contribution in [2.75, 3.05) is 18.7 Å². The van der Waals surface area contributed by atoms with Crippen molar-refractivity contribution in [2.45, 2.75) is 78.4 Å². The van der Waals surface area contributed by atoms with E-state index < -0.39 is 31.3 Å². The van der Waals surface area contributed by atoms with E-state index in [1.165, 1.54) is 6.33 Å². The van der Waals surface area contributed by atoms with Crippen LogP contribution in [-0.2, 0) is 20.6 Å². The standard InChI is InChI=1S/C26H40N7O5P/c1-6-7-8-13-37-25(35)26(4,5)32-39(36,31-24(34)20-11-9-18(2)10-12-20)17-38-19(3)14-33-16-30-21-22(27)28-15-29-23(21)33/h9-12,15-16,19,25,35H,6-8,13-14,17H2,1-5H3,(H2,27,28,29)(H2,31,32,34,36)/t19-,25?,39-/m1/s1. The van der Waals surface area contributed by atoms with Gasteiger partial charge in [0.05, 0.1) is 24.5 Å². The number of nitrogens with one attached hydrogen (secondary N) is 2. The van der Waals surface area contributed by atoms with E-state index in [0.717, 1.165) is 24.8 Å². The molecule has 12 nitrogen and oxygen atoms in total. The van der Waals surface area contributed by atoms with E-state index in [9.17, 15) is 14.5 Å². The van der Waals surface area contributed by atoms with Gasteiger partial charge in [-0.3, -0.25) is 14.4 Å². The molecule has 0 bridgehead atoms. The van der Waals surface area contributed by atoms with Gasteiger partial charge < -0.3 is 24.9 Å². The van der Waals surface area contributed by atoms with Gasteiger partial charge in [-0.05, 0) is 46.2 Å². The summed E-state index contributed by atoms with van der Waals surface area (Å²) >= 11 is 0. The number of benzene rings is 1. The van der Waals surface area contributed by atoms with Crippen molar-refractivity contribution >= 4 is 30.3 Å². The molecule has 214 valence electrons. The molecule has 1 unspecified atom stereocenters. The molecule has 5 N–H and O–H groups in total. The van der Waals surface area contributed by atoms with E-state index in [0.29, 0.717) is 29.9 Å². The highest BCUT2D eigenvalue weighted by Gasteiger charge is 2.38. The second-order valence-electron chi connectivity index (χ2n) is 10.2. The van der Waals surface area contributed by atoms with Gasteiger partial charge in [-0.1, -0.05) is 37.5 Å². The number of amides is 1. The Morgan fingerprint density at radius 2 is 1.90 bits per heavy atom. The molecular weight excluding hydrogens is 521 g/mol. The number of carbonyl (C=O) groups excluding carboxylic acids is 1. The minimum absolute atomic E-state index is 0.276. The summed E-state index contributed by atoms with van der Waals surface area (Å²) < 4.78 is 27.5. The number of aryl methyl sites for hydroxylation is 1. The Kier molecular flexibility index (Phi) is 10.6. The number of rotatable bonds is 15. The first-order valence-electron chi connectivity index (χ1n) is 13.0. The lowest BCUT2D eigenvalue weighted by molar-refractivity contribution is -0.140. The number of anilines is 1. The molecule has 1 amide bonds. The molecule has 0 saturated carbocycles. The molecule has 3 aromatic rings. The maximum atomic E-state index is 14.1. The lowest BCUT2D eigenvalue weighted by Crippen LogP contribution is -2.51. The number of nitrogens with two attached hydrogens (primary N) is 1. The van der Waals surface area contributed by atoms with Crippen molar-refractivity contribution in [2.24, 2.45) is 0 Å². The molecule has 1 aromatic carbocycles. The molecule has 0 saturated heterocycles. The molecule has 0 aliphatic rings. The normalized spacial score (nSPS) is 15.1. The summed E-state index contributed by atoms with van der Waals surface area (Å²) in [6, 6.07) is 6.92. The molecule has 0 aliphatic heterocycles. The van der Waals surface area contributed by atoms with E-state index in [1.54, 1.807) is 55.9 Å². The molecular formula is C26H40N7O5P. The minimum atomic E-state index is -3.76. The second kappa shape index (κ2) is 13.5. The summed E-state index contributed by atoms with van der Waals surface area (Å²) in [6.45, 7) is 9.82. The zero-order valence-corrected chi connectivity index (χ0v) is 24.1. The first-order chi connectivity index (χ1) is 18.4. The number of imidazole rings is 1. The predicted octanol–water partition coefficient (Wildman–Crippen LogP) is 3.60. The van der Waals surface area contributed by atoms with Crippen LogP contribution < -0.4 is 15.9 Å². The highest BCUT2D eigenvalue weighted by atomic mass is 31.2. The first kappa shape index (κ1) is 30.6. The predicted molar refractivity (Wildman–Crippen MR) is 150 cm³/mol. The van der Waals surface area contributed by atoms with Crippen molar-refractivity contribution in [1.82, 2.24) is 29.7 Å². The van der Waals surface area contributed by atoms with Gasteiger partial charge in [-0.25, -0.2) is 20.0 Å². The number of hydrogen-bond donors (Lipinski definition) is 4. The Morgan fingerprint density at radius 3 is 2.59 bits per heavy atom. The number of ether oxygens (including phenoxy) is 2. The smallest absolute Gasteiger partial charge is 0.262 e. The molecule has 0 fully saturated rings. The van der Waals surface area contributed by atoms with Crippen LogP contribution in [0.3, 0.4) is 0 Å². The number of nitrogens with zero attached hydrogens (tertiary/aromatic N) is 4. The van der Waals surface area contributed by atoms with Crippen LogP contribution in [0, 0.1) is 6.92 Å². The van der Waals surface area contributed by atoms with Crippen LogP contribution in [0.15, 0.2) is 36.9 Å². The first-order valence-corrected chi connectivity index (χ1v) is 14.9.